The van der Waals surface area contributed by atoms with Gasteiger partial charge in [-0.1, -0.05) is 6.07 Å². The van der Waals surface area contributed by atoms with E-state index >= 15 is 0 Å². The molecule has 3 N–H and O–H groups in total. The first-order valence-electron chi connectivity index (χ1n) is 8.63. The Morgan fingerprint density at radius 2 is 2.00 bits per heavy atom. The monoisotopic (exact) mass is 351 g/mol. The highest BCUT2D eigenvalue weighted by Gasteiger charge is 2.24. The molecule has 1 unspecified atom stereocenters. The van der Waals surface area contributed by atoms with Crippen LogP contribution in [0.2, 0.25) is 0 Å². The molecule has 24 heavy (non-hydrogen) atoms. The summed E-state index contributed by atoms with van der Waals surface area (Å²) in [7, 11) is -3.55. The van der Waals surface area contributed by atoms with Crippen LogP contribution in [0.5, 0.6) is 0 Å². The molecule has 0 aromatic heterocycles. The number of hydrogen-bond acceptors (Lipinski definition) is 4. The van der Waals surface area contributed by atoms with E-state index in [2.05, 4.69) is 15.4 Å². The summed E-state index contributed by atoms with van der Waals surface area (Å²) in [6, 6.07) is 6.23. The molecule has 0 spiro atoms. The molecule has 1 heterocycles. The van der Waals surface area contributed by atoms with Crippen molar-refractivity contribution < 1.29 is 13.2 Å². The first-order valence-corrected chi connectivity index (χ1v) is 10.1. The second-order valence-electron chi connectivity index (χ2n) is 6.75. The lowest BCUT2D eigenvalue weighted by Crippen LogP contribution is -2.38. The summed E-state index contributed by atoms with van der Waals surface area (Å²) in [6.07, 6.45) is 4.40. The Hall–Kier alpha value is -1.44. The van der Waals surface area contributed by atoms with E-state index in [4.69, 9.17) is 0 Å². The topological polar surface area (TPSA) is 87.3 Å². The van der Waals surface area contributed by atoms with Gasteiger partial charge in [-0.05, 0) is 68.8 Å². The minimum Gasteiger partial charge on any atom is -0.352 e. The molecule has 1 aromatic rings. The highest BCUT2D eigenvalue weighted by atomic mass is 32.2. The maximum absolute atomic E-state index is 12.3. The fourth-order valence-corrected chi connectivity index (χ4v) is 4.04. The van der Waals surface area contributed by atoms with Gasteiger partial charge in [0, 0.05) is 18.7 Å². The van der Waals surface area contributed by atoms with Crippen LogP contribution >= 0.6 is 0 Å². The van der Waals surface area contributed by atoms with Gasteiger partial charge in [0.25, 0.3) is 5.91 Å². The zero-order valence-corrected chi connectivity index (χ0v) is 14.6. The van der Waals surface area contributed by atoms with Crippen LogP contribution in [0, 0.1) is 11.8 Å². The summed E-state index contributed by atoms with van der Waals surface area (Å²) in [4.78, 5) is 12.4. The van der Waals surface area contributed by atoms with Gasteiger partial charge in [-0.25, -0.2) is 13.1 Å². The molecule has 1 saturated heterocycles. The van der Waals surface area contributed by atoms with Crippen LogP contribution in [0.15, 0.2) is 29.2 Å². The van der Waals surface area contributed by atoms with Crippen LogP contribution < -0.4 is 15.4 Å². The molecule has 0 bridgehead atoms. The molecule has 6 nitrogen and oxygen atoms in total. The number of carbonyl (C=O) groups is 1. The molecule has 1 aromatic carbocycles. The van der Waals surface area contributed by atoms with E-state index in [9.17, 15) is 13.2 Å². The highest BCUT2D eigenvalue weighted by Crippen LogP contribution is 2.28. The number of rotatable bonds is 7. The summed E-state index contributed by atoms with van der Waals surface area (Å²) in [5, 5.41) is 6.23. The van der Waals surface area contributed by atoms with E-state index in [1.165, 1.54) is 12.1 Å². The Morgan fingerprint density at radius 3 is 2.71 bits per heavy atom. The van der Waals surface area contributed by atoms with Crippen molar-refractivity contribution in [2.45, 2.75) is 30.6 Å². The molecule has 1 aliphatic carbocycles. The van der Waals surface area contributed by atoms with Crippen LogP contribution in [0.4, 0.5) is 0 Å². The standard InChI is InChI=1S/C17H25N3O3S/c21-17(19-11-14-3-2-8-18-10-14)15-4-1-5-16(9-15)24(22,23)20-12-13-6-7-13/h1,4-5,9,13-14,18,20H,2-3,6-8,10-12H2,(H,19,21). The minimum absolute atomic E-state index is 0.148. The third-order valence-corrected chi connectivity index (χ3v) is 6.04. The quantitative estimate of drug-likeness (QED) is 0.687. The molecule has 1 amide bonds. The van der Waals surface area contributed by atoms with Gasteiger partial charge in [-0.3, -0.25) is 4.79 Å². The number of hydrogen-bond donors (Lipinski definition) is 3. The number of piperidine rings is 1. The normalized spacial score (nSPS) is 21.4. The minimum atomic E-state index is -3.55. The van der Waals surface area contributed by atoms with Crippen molar-refractivity contribution >= 4 is 15.9 Å². The highest BCUT2D eigenvalue weighted by molar-refractivity contribution is 7.89. The molecule has 132 valence electrons. The van der Waals surface area contributed by atoms with E-state index in [-0.39, 0.29) is 10.8 Å². The third-order valence-electron chi connectivity index (χ3n) is 4.62. The second kappa shape index (κ2) is 7.63. The number of carbonyl (C=O) groups excluding carboxylic acids is 1. The van der Waals surface area contributed by atoms with Gasteiger partial charge < -0.3 is 10.6 Å². The Labute approximate surface area is 143 Å². The van der Waals surface area contributed by atoms with Gasteiger partial charge in [0.15, 0.2) is 0 Å². The van der Waals surface area contributed by atoms with E-state index in [0.29, 0.717) is 30.5 Å². The molecule has 1 atom stereocenters. The summed E-state index contributed by atoms with van der Waals surface area (Å²) in [5.74, 6) is 0.685. The molecular weight excluding hydrogens is 326 g/mol. The van der Waals surface area contributed by atoms with Crippen molar-refractivity contribution in [3.63, 3.8) is 0 Å². The summed E-state index contributed by atoms with van der Waals surface area (Å²) in [5.41, 5.74) is 0.382. The van der Waals surface area contributed by atoms with Crippen molar-refractivity contribution in [3.8, 4) is 0 Å². The van der Waals surface area contributed by atoms with Gasteiger partial charge in [0.2, 0.25) is 10.0 Å². The average Bonchev–Trinajstić information content (AvgIpc) is 3.43. The van der Waals surface area contributed by atoms with E-state index in [0.717, 1.165) is 38.8 Å². The van der Waals surface area contributed by atoms with Crippen LogP contribution in [-0.4, -0.2) is 40.5 Å². The lowest BCUT2D eigenvalue weighted by Gasteiger charge is -2.22. The lowest BCUT2D eigenvalue weighted by atomic mass is 10.00. The maximum atomic E-state index is 12.3. The predicted molar refractivity (Wildman–Crippen MR) is 92.3 cm³/mol. The summed E-state index contributed by atoms with van der Waals surface area (Å²) < 4.78 is 27.2. The Kier molecular flexibility index (Phi) is 5.53. The fourth-order valence-electron chi connectivity index (χ4n) is 2.87. The summed E-state index contributed by atoms with van der Waals surface area (Å²) >= 11 is 0. The van der Waals surface area contributed by atoms with Crippen molar-refractivity contribution in [3.05, 3.63) is 29.8 Å². The Morgan fingerprint density at radius 1 is 1.17 bits per heavy atom. The van der Waals surface area contributed by atoms with Gasteiger partial charge in [-0.2, -0.15) is 0 Å². The fraction of sp³-hybridized carbons (Fsp3) is 0.588. The van der Waals surface area contributed by atoms with Crippen molar-refractivity contribution in [2.24, 2.45) is 11.8 Å². The van der Waals surface area contributed by atoms with E-state index in [1.807, 2.05) is 0 Å². The van der Waals surface area contributed by atoms with Gasteiger partial charge >= 0.3 is 0 Å². The number of benzene rings is 1. The number of sulfonamides is 1. The molecule has 1 saturated carbocycles. The maximum Gasteiger partial charge on any atom is 0.251 e. The number of nitrogens with one attached hydrogen (secondary N) is 3. The van der Waals surface area contributed by atoms with Gasteiger partial charge in [0.05, 0.1) is 4.90 Å². The molecule has 0 radical (unpaired) electrons. The average molecular weight is 351 g/mol. The SMILES string of the molecule is O=C(NCC1CCCNC1)c1cccc(S(=O)(=O)NCC2CC2)c1. The van der Waals surface area contributed by atoms with Crippen molar-refractivity contribution in [1.29, 1.82) is 0 Å². The molecule has 7 heteroatoms. The van der Waals surface area contributed by atoms with E-state index < -0.39 is 10.0 Å². The second-order valence-corrected chi connectivity index (χ2v) is 8.51. The van der Waals surface area contributed by atoms with Gasteiger partial charge in [-0.15, -0.1) is 0 Å². The largest absolute Gasteiger partial charge is 0.352 e. The van der Waals surface area contributed by atoms with Crippen LogP contribution in [0.3, 0.4) is 0 Å². The smallest absolute Gasteiger partial charge is 0.251 e. The van der Waals surface area contributed by atoms with Crippen LogP contribution in [-0.2, 0) is 10.0 Å². The molecule has 2 fully saturated rings. The number of amides is 1. The zero-order chi connectivity index (χ0) is 17.0. The molecule has 2 aliphatic rings. The first-order chi connectivity index (χ1) is 11.5. The van der Waals surface area contributed by atoms with Gasteiger partial charge in [0.1, 0.15) is 0 Å². The Bertz CT molecular complexity index is 680. The zero-order valence-electron chi connectivity index (χ0n) is 13.8. The van der Waals surface area contributed by atoms with Crippen molar-refractivity contribution in [1.82, 2.24) is 15.4 Å². The van der Waals surface area contributed by atoms with Crippen molar-refractivity contribution in [2.75, 3.05) is 26.2 Å². The third kappa shape index (κ3) is 4.78. The lowest BCUT2D eigenvalue weighted by molar-refractivity contribution is 0.0944. The Balaban J connectivity index is 1.59. The van der Waals surface area contributed by atoms with E-state index in [1.54, 1.807) is 12.1 Å². The van der Waals surface area contributed by atoms with Crippen LogP contribution in [0.25, 0.3) is 0 Å². The molecular formula is C17H25N3O3S. The molecule has 1 aliphatic heterocycles. The molecule has 3 rings (SSSR count). The summed E-state index contributed by atoms with van der Waals surface area (Å²) in [6.45, 7) is 3.05. The predicted octanol–water partition coefficient (Wildman–Crippen LogP) is 1.10. The van der Waals surface area contributed by atoms with Crippen LogP contribution in [0.1, 0.15) is 36.0 Å². The first kappa shape index (κ1) is 17.4.